The monoisotopic (exact) mass is 435 g/mol. The third-order valence-electron chi connectivity index (χ3n) is 6.51. The Kier molecular flexibility index (Phi) is 7.00. The molecule has 0 aromatic heterocycles. The molecule has 2 heterocycles. The van der Waals surface area contributed by atoms with Gasteiger partial charge in [0, 0.05) is 37.2 Å². The quantitative estimate of drug-likeness (QED) is 0.607. The summed E-state index contributed by atoms with van der Waals surface area (Å²) in [5, 5.41) is 2.86. The number of hydrogen-bond acceptors (Lipinski definition) is 5. The van der Waals surface area contributed by atoms with Crippen molar-refractivity contribution in [2.45, 2.75) is 57.2 Å². The summed E-state index contributed by atoms with van der Waals surface area (Å²) in [6.07, 6.45) is 9.22. The third kappa shape index (κ3) is 5.43. The van der Waals surface area contributed by atoms with Crippen LogP contribution >= 0.6 is 0 Å². The van der Waals surface area contributed by atoms with Gasteiger partial charge < -0.3 is 15.2 Å². The van der Waals surface area contributed by atoms with Gasteiger partial charge in [0.05, 0.1) is 12.8 Å². The lowest BCUT2D eigenvalue weighted by Crippen LogP contribution is -2.54. The van der Waals surface area contributed by atoms with Crippen molar-refractivity contribution in [1.82, 2.24) is 4.90 Å². The Labute approximate surface area is 190 Å². The summed E-state index contributed by atoms with van der Waals surface area (Å²) in [6.45, 7) is 2.90. The van der Waals surface area contributed by atoms with Crippen LogP contribution in [0.15, 0.2) is 48.5 Å². The third-order valence-corrected chi connectivity index (χ3v) is 6.51. The smallest absolute Gasteiger partial charge is 0.412 e. The molecule has 4 rings (SSSR count). The number of nitrogen functional groups attached to an aromatic ring is 1. The fourth-order valence-electron chi connectivity index (χ4n) is 4.95. The Morgan fingerprint density at radius 1 is 1.16 bits per heavy atom. The van der Waals surface area contributed by atoms with E-state index in [1.807, 2.05) is 49.4 Å². The zero-order valence-corrected chi connectivity index (χ0v) is 18.9. The van der Waals surface area contributed by atoms with Crippen LogP contribution in [0, 0.1) is 6.92 Å². The highest BCUT2D eigenvalue weighted by Crippen LogP contribution is 2.35. The van der Waals surface area contributed by atoms with E-state index in [0.717, 1.165) is 49.0 Å². The van der Waals surface area contributed by atoms with Gasteiger partial charge in [0.2, 0.25) is 0 Å². The molecule has 3 N–H and O–H groups in total. The number of carbonyl (C=O) groups is 1. The number of anilines is 2. The minimum atomic E-state index is -0.409. The number of rotatable bonds is 6. The Bertz CT molecular complexity index is 943. The molecule has 32 heavy (non-hydrogen) atoms. The number of piperidine rings is 2. The van der Waals surface area contributed by atoms with Gasteiger partial charge in [-0.2, -0.15) is 0 Å². The van der Waals surface area contributed by atoms with Crippen LogP contribution in [0.2, 0.25) is 0 Å². The van der Waals surface area contributed by atoms with E-state index in [4.69, 9.17) is 15.2 Å². The Hall–Kier alpha value is -2.99. The fraction of sp³-hybridized carbons (Fsp3) is 0.423. The van der Waals surface area contributed by atoms with Gasteiger partial charge in [0.25, 0.3) is 0 Å². The van der Waals surface area contributed by atoms with E-state index < -0.39 is 6.09 Å². The second-order valence-electron chi connectivity index (χ2n) is 8.83. The number of methoxy groups -OCH3 is 1. The molecule has 2 fully saturated rings. The number of nitrogens with two attached hydrogens (primary N) is 1. The number of carbonyl (C=O) groups excluding carboxylic acids is 1. The molecule has 2 aliphatic rings. The summed E-state index contributed by atoms with van der Waals surface area (Å²) in [4.78, 5) is 15.2. The van der Waals surface area contributed by atoms with Gasteiger partial charge >= 0.3 is 6.09 Å². The molecule has 2 aromatic rings. The molecule has 170 valence electrons. The van der Waals surface area contributed by atoms with E-state index in [1.54, 1.807) is 7.11 Å². The van der Waals surface area contributed by atoms with E-state index in [0.29, 0.717) is 23.5 Å². The van der Waals surface area contributed by atoms with Crippen LogP contribution in [0.4, 0.5) is 16.2 Å². The molecule has 0 aliphatic carbocycles. The molecule has 0 radical (unpaired) electrons. The van der Waals surface area contributed by atoms with Crippen molar-refractivity contribution in [1.29, 1.82) is 0 Å². The van der Waals surface area contributed by atoms with E-state index in [2.05, 4.69) is 22.4 Å². The van der Waals surface area contributed by atoms with Gasteiger partial charge in [0.1, 0.15) is 11.9 Å². The van der Waals surface area contributed by atoms with Crippen molar-refractivity contribution in [3.63, 3.8) is 0 Å². The fourth-order valence-corrected chi connectivity index (χ4v) is 4.95. The molecule has 2 atom stereocenters. The number of benzene rings is 2. The number of ether oxygens (including phenoxy) is 2. The van der Waals surface area contributed by atoms with E-state index >= 15 is 0 Å². The first-order chi connectivity index (χ1) is 15.5. The minimum Gasteiger partial charge on any atom is -0.495 e. The maximum absolute atomic E-state index is 12.6. The largest absolute Gasteiger partial charge is 0.495 e. The van der Waals surface area contributed by atoms with Gasteiger partial charge in [-0.25, -0.2) is 4.79 Å². The predicted molar refractivity (Wildman–Crippen MR) is 129 cm³/mol. The summed E-state index contributed by atoms with van der Waals surface area (Å²) in [5.74, 6) is 0.632. The lowest BCUT2D eigenvalue weighted by molar-refractivity contribution is -0.0240. The first-order valence-electron chi connectivity index (χ1n) is 11.4. The molecule has 2 unspecified atom stereocenters. The van der Waals surface area contributed by atoms with Crippen LogP contribution in [0.1, 0.15) is 43.2 Å². The molecule has 2 bridgehead atoms. The number of nitrogens with one attached hydrogen (secondary N) is 1. The van der Waals surface area contributed by atoms with Gasteiger partial charge in [-0.1, -0.05) is 36.8 Å². The van der Waals surface area contributed by atoms with Gasteiger partial charge in [0.15, 0.2) is 0 Å². The summed E-state index contributed by atoms with van der Waals surface area (Å²) < 4.78 is 11.2. The lowest BCUT2D eigenvalue weighted by atomic mass is 9.83. The first-order valence-corrected chi connectivity index (χ1v) is 11.4. The van der Waals surface area contributed by atoms with Crippen LogP contribution in [-0.4, -0.2) is 42.8 Å². The molecule has 2 saturated heterocycles. The molecule has 6 nitrogen and oxygen atoms in total. The van der Waals surface area contributed by atoms with Crippen LogP contribution in [-0.2, 0) is 4.74 Å². The Morgan fingerprint density at radius 3 is 2.56 bits per heavy atom. The Morgan fingerprint density at radius 2 is 1.88 bits per heavy atom. The van der Waals surface area contributed by atoms with E-state index in [1.165, 1.54) is 6.42 Å². The van der Waals surface area contributed by atoms with E-state index in [-0.39, 0.29) is 6.10 Å². The Balaban J connectivity index is 1.33. The van der Waals surface area contributed by atoms with Crippen molar-refractivity contribution in [2.24, 2.45) is 0 Å². The van der Waals surface area contributed by atoms with Crippen LogP contribution in [0.5, 0.6) is 5.75 Å². The molecule has 2 aromatic carbocycles. The van der Waals surface area contributed by atoms with Gasteiger partial charge in [-0.15, -0.1) is 0 Å². The summed E-state index contributed by atoms with van der Waals surface area (Å²) in [5.41, 5.74) is 9.40. The SMILES string of the molecule is COc1ccc(C)cc1NC(=O)OC1CC2CCCC(C1)N2C/C=C/c1ccc(N)cc1. The van der Waals surface area contributed by atoms with E-state index in [9.17, 15) is 4.79 Å². The molecule has 0 saturated carbocycles. The second-order valence-corrected chi connectivity index (χ2v) is 8.83. The summed E-state index contributed by atoms with van der Waals surface area (Å²) in [7, 11) is 1.60. The zero-order chi connectivity index (χ0) is 22.5. The molecule has 0 spiro atoms. The zero-order valence-electron chi connectivity index (χ0n) is 18.9. The maximum atomic E-state index is 12.6. The van der Waals surface area contributed by atoms with Gasteiger partial charge in [-0.05, 0) is 55.2 Å². The summed E-state index contributed by atoms with van der Waals surface area (Å²) in [6, 6.07) is 14.5. The average molecular weight is 436 g/mol. The predicted octanol–water partition coefficient (Wildman–Crippen LogP) is 5.23. The first kappa shape index (κ1) is 22.2. The molecule has 1 amide bonds. The van der Waals surface area contributed by atoms with Crippen LogP contribution in [0.25, 0.3) is 6.08 Å². The number of hydrogen-bond donors (Lipinski definition) is 2. The van der Waals surface area contributed by atoms with Crippen molar-refractivity contribution in [2.75, 3.05) is 24.7 Å². The molecular formula is C26H33N3O3. The molecular weight excluding hydrogens is 402 g/mol. The number of nitrogens with zero attached hydrogens (tertiary/aromatic N) is 1. The minimum absolute atomic E-state index is 0.0570. The summed E-state index contributed by atoms with van der Waals surface area (Å²) >= 11 is 0. The lowest BCUT2D eigenvalue weighted by Gasteiger charge is -2.48. The topological polar surface area (TPSA) is 76.8 Å². The van der Waals surface area contributed by atoms with Crippen molar-refractivity contribution in [3.05, 3.63) is 59.7 Å². The van der Waals surface area contributed by atoms with Crippen molar-refractivity contribution < 1.29 is 14.3 Å². The van der Waals surface area contributed by atoms with Crippen molar-refractivity contribution >= 4 is 23.5 Å². The van der Waals surface area contributed by atoms with Crippen molar-refractivity contribution in [3.8, 4) is 5.75 Å². The maximum Gasteiger partial charge on any atom is 0.412 e. The highest BCUT2D eigenvalue weighted by molar-refractivity contribution is 5.87. The standard InChI is InChI=1S/C26H33N3O3/c1-18-8-13-25(31-2)24(15-18)28-26(30)32-23-16-21-6-3-7-22(17-23)29(21)14-4-5-19-9-11-20(27)12-10-19/h4-5,8-13,15,21-23H,3,6-7,14,16-17,27H2,1-2H3,(H,28,30)/b5-4+. The average Bonchev–Trinajstić information content (AvgIpc) is 2.75. The van der Waals surface area contributed by atoms with Gasteiger partial charge in [-0.3, -0.25) is 10.2 Å². The molecule has 6 heteroatoms. The highest BCUT2D eigenvalue weighted by Gasteiger charge is 2.39. The number of amides is 1. The number of fused-ring (bicyclic) bond motifs is 2. The van der Waals surface area contributed by atoms with Crippen LogP contribution < -0.4 is 15.8 Å². The number of aryl methyl sites for hydroxylation is 1. The molecule has 2 aliphatic heterocycles. The highest BCUT2D eigenvalue weighted by atomic mass is 16.6. The second kappa shape index (κ2) is 10.1. The normalized spacial score (nSPS) is 23.1. The van der Waals surface area contributed by atoms with Crippen LogP contribution in [0.3, 0.4) is 0 Å².